The molecule has 1 aromatic carbocycles. The summed E-state index contributed by atoms with van der Waals surface area (Å²) in [5, 5.41) is 3.04. The van der Waals surface area contributed by atoms with E-state index < -0.39 is 23.3 Å². The van der Waals surface area contributed by atoms with Crippen LogP contribution >= 0.6 is 0 Å². The van der Waals surface area contributed by atoms with Gasteiger partial charge in [0, 0.05) is 55.6 Å². The molecule has 1 saturated heterocycles. The van der Waals surface area contributed by atoms with Crippen LogP contribution in [0.3, 0.4) is 0 Å². The molecule has 10 nitrogen and oxygen atoms in total. The zero-order chi connectivity index (χ0) is 29.3. The van der Waals surface area contributed by atoms with Crippen LogP contribution in [0.5, 0.6) is 0 Å². The highest BCUT2D eigenvalue weighted by Crippen LogP contribution is 2.36. The van der Waals surface area contributed by atoms with Crippen molar-refractivity contribution in [1.29, 1.82) is 0 Å². The minimum absolute atomic E-state index is 0.311. The third kappa shape index (κ3) is 5.06. The molecular formula is C30H28F2N8O2. The molecular weight excluding hydrogens is 542 g/mol. The van der Waals surface area contributed by atoms with Crippen molar-refractivity contribution in [3.63, 3.8) is 0 Å². The summed E-state index contributed by atoms with van der Waals surface area (Å²) in [5.41, 5.74) is 9.97. The van der Waals surface area contributed by atoms with Gasteiger partial charge < -0.3 is 20.7 Å². The van der Waals surface area contributed by atoms with Gasteiger partial charge in [-0.3, -0.25) is 14.4 Å². The van der Waals surface area contributed by atoms with Crippen LogP contribution in [-0.2, 0) is 16.7 Å². The molecule has 0 aliphatic carbocycles. The molecule has 12 heteroatoms. The number of nitrogen functional groups attached to an aromatic ring is 1. The predicted molar refractivity (Wildman–Crippen MR) is 153 cm³/mol. The van der Waals surface area contributed by atoms with Crippen molar-refractivity contribution in [3.8, 4) is 11.3 Å². The van der Waals surface area contributed by atoms with E-state index in [1.807, 2.05) is 28.7 Å². The molecule has 1 unspecified atom stereocenters. The van der Waals surface area contributed by atoms with Gasteiger partial charge in [-0.25, -0.2) is 23.5 Å². The Labute approximate surface area is 240 Å². The number of rotatable bonds is 6. The van der Waals surface area contributed by atoms with E-state index in [4.69, 9.17) is 10.5 Å². The van der Waals surface area contributed by atoms with E-state index in [-0.39, 0.29) is 0 Å². The second-order valence-electron chi connectivity index (χ2n) is 10.2. The maximum Gasteiger partial charge on any atom is 0.407 e. The van der Waals surface area contributed by atoms with Gasteiger partial charge >= 0.3 is 6.09 Å². The lowest BCUT2D eigenvalue weighted by Crippen LogP contribution is -2.57. The number of alkyl carbamates (subject to hydrolysis) is 1. The van der Waals surface area contributed by atoms with Crippen LogP contribution in [0.1, 0.15) is 29.8 Å². The second-order valence-corrected chi connectivity index (χ2v) is 10.2. The first-order chi connectivity index (χ1) is 20.4. The fourth-order valence-electron chi connectivity index (χ4n) is 5.57. The number of piperidine rings is 1. The zero-order valence-electron chi connectivity index (χ0n) is 22.8. The molecule has 0 radical (unpaired) electrons. The lowest BCUT2D eigenvalue weighted by Gasteiger charge is -2.44. The topological polar surface area (TPSA) is 124 Å². The Kier molecular flexibility index (Phi) is 7.11. The standard InChI is InChI=1S/C30H28F2N8O2/c1-42-29(41)38-30(26-5-2-3-9-34-26)8-4-11-39(18-30)25-17-36-24(19-6-7-22(31)23(32)14-19)15-20(25)13-21-16-37-28-27(33)35-10-12-40(21)28/h2-3,5-7,9-10,12,14-17H,4,8,11,13,18H2,1H3,(H2,33,35)(H,38,41). The Hall–Kier alpha value is -5.13. The number of carbonyl (C=O) groups excluding carboxylic acids is 1. The van der Waals surface area contributed by atoms with Gasteiger partial charge in [-0.2, -0.15) is 0 Å². The molecule has 3 N–H and O–H groups in total. The predicted octanol–water partition coefficient (Wildman–Crippen LogP) is 4.49. The summed E-state index contributed by atoms with van der Waals surface area (Å²) in [4.78, 5) is 32.5. The lowest BCUT2D eigenvalue weighted by atomic mass is 9.84. The highest BCUT2D eigenvalue weighted by molar-refractivity contribution is 5.70. The summed E-state index contributed by atoms with van der Waals surface area (Å²) in [5.74, 6) is -1.56. The van der Waals surface area contributed by atoms with Gasteiger partial charge in [0.15, 0.2) is 23.1 Å². The molecule has 0 saturated carbocycles. The van der Waals surface area contributed by atoms with Crippen molar-refractivity contribution >= 4 is 23.2 Å². The number of methoxy groups -OCH3 is 1. The summed E-state index contributed by atoms with van der Waals surface area (Å²) in [6.07, 6.45) is 9.86. The smallest absolute Gasteiger partial charge is 0.407 e. The van der Waals surface area contributed by atoms with Crippen LogP contribution in [0.25, 0.3) is 16.9 Å². The van der Waals surface area contributed by atoms with Crippen LogP contribution in [0, 0.1) is 11.6 Å². The quantitative estimate of drug-likeness (QED) is 0.306. The number of carbonyl (C=O) groups is 1. The third-order valence-electron chi connectivity index (χ3n) is 7.60. The van der Waals surface area contributed by atoms with Crippen molar-refractivity contribution in [2.24, 2.45) is 0 Å². The normalized spacial score (nSPS) is 16.9. The van der Waals surface area contributed by atoms with Crippen molar-refractivity contribution in [1.82, 2.24) is 29.7 Å². The molecule has 5 heterocycles. The first-order valence-corrected chi connectivity index (χ1v) is 13.4. The van der Waals surface area contributed by atoms with Crippen LogP contribution < -0.4 is 16.0 Å². The largest absolute Gasteiger partial charge is 0.453 e. The number of hydrogen-bond donors (Lipinski definition) is 2. The van der Waals surface area contributed by atoms with Gasteiger partial charge in [0.2, 0.25) is 0 Å². The Balaban J connectivity index is 1.44. The monoisotopic (exact) mass is 570 g/mol. The summed E-state index contributed by atoms with van der Waals surface area (Å²) >= 11 is 0. The minimum atomic E-state index is -0.949. The van der Waals surface area contributed by atoms with Crippen LogP contribution in [0.2, 0.25) is 0 Å². The van der Waals surface area contributed by atoms with Crippen LogP contribution in [0.15, 0.2) is 73.4 Å². The Morgan fingerprint density at radius 2 is 1.95 bits per heavy atom. The van der Waals surface area contributed by atoms with E-state index in [1.165, 1.54) is 13.2 Å². The molecule has 1 amide bonds. The minimum Gasteiger partial charge on any atom is -0.453 e. The van der Waals surface area contributed by atoms with E-state index in [2.05, 4.69) is 30.2 Å². The molecule has 42 heavy (non-hydrogen) atoms. The van der Waals surface area contributed by atoms with Gasteiger partial charge in [0.25, 0.3) is 0 Å². The number of nitrogens with one attached hydrogen (secondary N) is 1. The number of nitrogens with two attached hydrogens (primary N) is 1. The number of aromatic nitrogens is 5. The number of anilines is 2. The van der Waals surface area contributed by atoms with E-state index >= 15 is 0 Å². The number of halogens is 2. The Morgan fingerprint density at radius 3 is 2.74 bits per heavy atom. The number of pyridine rings is 2. The lowest BCUT2D eigenvalue weighted by molar-refractivity contribution is 0.148. The highest BCUT2D eigenvalue weighted by Gasteiger charge is 2.41. The molecule has 1 aliphatic rings. The van der Waals surface area contributed by atoms with Crippen molar-refractivity contribution in [2.45, 2.75) is 24.8 Å². The number of amides is 1. The third-order valence-corrected chi connectivity index (χ3v) is 7.60. The van der Waals surface area contributed by atoms with Crippen LogP contribution in [-0.4, -0.2) is 50.6 Å². The molecule has 0 bridgehead atoms. The number of nitrogens with zero attached hydrogens (tertiary/aromatic N) is 6. The summed E-state index contributed by atoms with van der Waals surface area (Å²) in [7, 11) is 1.33. The molecule has 1 aliphatic heterocycles. The summed E-state index contributed by atoms with van der Waals surface area (Å²) in [6.45, 7) is 1.10. The number of benzene rings is 1. The Bertz CT molecular complexity index is 1760. The fraction of sp³-hybridized carbons (Fsp3) is 0.233. The summed E-state index contributed by atoms with van der Waals surface area (Å²) in [6, 6.07) is 11.2. The van der Waals surface area contributed by atoms with E-state index in [0.717, 1.165) is 41.2 Å². The maximum atomic E-state index is 14.1. The van der Waals surface area contributed by atoms with Gasteiger partial charge in [-0.15, -0.1) is 0 Å². The zero-order valence-corrected chi connectivity index (χ0v) is 22.8. The molecule has 0 spiro atoms. The number of hydrogen-bond acceptors (Lipinski definition) is 8. The van der Waals surface area contributed by atoms with E-state index in [1.54, 1.807) is 31.0 Å². The molecule has 5 aromatic rings. The van der Waals surface area contributed by atoms with Crippen molar-refractivity contribution < 1.29 is 18.3 Å². The average Bonchev–Trinajstić information content (AvgIpc) is 3.43. The molecule has 1 atom stereocenters. The fourth-order valence-corrected chi connectivity index (χ4v) is 5.57. The van der Waals surface area contributed by atoms with Gasteiger partial charge in [0.1, 0.15) is 5.54 Å². The molecule has 4 aromatic heterocycles. The number of fused-ring (bicyclic) bond motifs is 1. The average molecular weight is 571 g/mol. The SMILES string of the molecule is COC(=O)NC1(c2ccccn2)CCCN(c2cnc(-c3ccc(F)c(F)c3)cc2Cc2cnc3c(N)nccn23)C1. The molecule has 214 valence electrons. The van der Waals surface area contributed by atoms with E-state index in [0.29, 0.717) is 48.7 Å². The second kappa shape index (κ2) is 11.0. The number of ether oxygens (including phenoxy) is 1. The van der Waals surface area contributed by atoms with Gasteiger partial charge in [-0.05, 0) is 54.8 Å². The van der Waals surface area contributed by atoms with Crippen LogP contribution in [0.4, 0.5) is 25.1 Å². The van der Waals surface area contributed by atoms with Gasteiger partial charge in [-0.1, -0.05) is 6.07 Å². The first-order valence-electron chi connectivity index (χ1n) is 13.4. The maximum absolute atomic E-state index is 14.1. The number of imidazole rings is 1. The highest BCUT2D eigenvalue weighted by atomic mass is 19.2. The molecule has 1 fully saturated rings. The van der Waals surface area contributed by atoms with Gasteiger partial charge in [0.05, 0.1) is 30.4 Å². The molecule has 6 rings (SSSR count). The van der Waals surface area contributed by atoms with Crippen molar-refractivity contribution in [2.75, 3.05) is 30.8 Å². The first kappa shape index (κ1) is 27.1. The van der Waals surface area contributed by atoms with E-state index in [9.17, 15) is 13.6 Å². The summed E-state index contributed by atoms with van der Waals surface area (Å²) < 4.78 is 34.7. The van der Waals surface area contributed by atoms with Crippen molar-refractivity contribution in [3.05, 3.63) is 102 Å². The Morgan fingerprint density at radius 1 is 1.07 bits per heavy atom.